The van der Waals surface area contributed by atoms with E-state index in [1.54, 1.807) is 18.2 Å². The van der Waals surface area contributed by atoms with Crippen molar-refractivity contribution in [2.45, 2.75) is 28.6 Å². The van der Waals surface area contributed by atoms with Crippen LogP contribution >= 0.6 is 0 Å². The quantitative estimate of drug-likeness (QED) is 0.646. The van der Waals surface area contributed by atoms with Gasteiger partial charge in [0.1, 0.15) is 18.3 Å². The molecular formula is C11H14O6S. The Kier molecular flexibility index (Phi) is 3.69. The molecule has 1 heterocycles. The van der Waals surface area contributed by atoms with Crippen LogP contribution in [-0.2, 0) is 14.6 Å². The number of aliphatic hydroxyl groups excluding tert-OH is 3. The van der Waals surface area contributed by atoms with E-state index in [4.69, 9.17) is 9.84 Å². The monoisotopic (exact) mass is 274 g/mol. The highest BCUT2D eigenvalue weighted by Gasteiger charge is 2.49. The van der Waals surface area contributed by atoms with Crippen LogP contribution in [-0.4, -0.2) is 54.1 Å². The molecule has 7 heteroatoms. The van der Waals surface area contributed by atoms with E-state index in [0.29, 0.717) is 0 Å². The minimum atomic E-state index is -3.91. The Labute approximate surface area is 104 Å². The minimum absolute atomic E-state index is 0.000148. The second-order valence-corrected chi connectivity index (χ2v) is 6.09. The molecule has 1 saturated heterocycles. The molecule has 0 aromatic heterocycles. The molecule has 0 radical (unpaired) electrons. The first-order valence-electron chi connectivity index (χ1n) is 5.40. The number of sulfone groups is 1. The number of rotatable bonds is 3. The van der Waals surface area contributed by atoms with Crippen molar-refractivity contribution in [2.75, 3.05) is 6.61 Å². The molecule has 0 bridgehead atoms. The van der Waals surface area contributed by atoms with Crippen LogP contribution in [0.3, 0.4) is 0 Å². The van der Waals surface area contributed by atoms with E-state index in [2.05, 4.69) is 0 Å². The van der Waals surface area contributed by atoms with E-state index in [-0.39, 0.29) is 4.90 Å². The Hall–Kier alpha value is -0.990. The number of aliphatic hydroxyl groups is 3. The number of benzene rings is 1. The lowest BCUT2D eigenvalue weighted by Gasteiger charge is -2.15. The molecule has 6 nitrogen and oxygen atoms in total. The Bertz CT molecular complexity index is 500. The average Bonchev–Trinajstić information content (AvgIpc) is 2.67. The molecule has 0 unspecified atom stereocenters. The molecule has 18 heavy (non-hydrogen) atoms. The molecule has 0 saturated carbocycles. The molecule has 0 aliphatic carbocycles. The summed E-state index contributed by atoms with van der Waals surface area (Å²) in [5.74, 6) is 0. The summed E-state index contributed by atoms with van der Waals surface area (Å²) in [7, 11) is -3.91. The zero-order valence-corrected chi connectivity index (χ0v) is 10.2. The summed E-state index contributed by atoms with van der Waals surface area (Å²) >= 11 is 0. The van der Waals surface area contributed by atoms with Crippen molar-refractivity contribution in [1.29, 1.82) is 0 Å². The van der Waals surface area contributed by atoms with Crippen molar-refractivity contribution in [3.05, 3.63) is 30.3 Å². The highest BCUT2D eigenvalue weighted by molar-refractivity contribution is 7.92. The van der Waals surface area contributed by atoms with Crippen LogP contribution in [0.2, 0.25) is 0 Å². The molecule has 1 aliphatic heterocycles. The van der Waals surface area contributed by atoms with Crippen molar-refractivity contribution in [3.8, 4) is 0 Å². The first-order chi connectivity index (χ1) is 8.48. The van der Waals surface area contributed by atoms with Gasteiger partial charge in [-0.15, -0.1) is 0 Å². The zero-order valence-electron chi connectivity index (χ0n) is 9.38. The van der Waals surface area contributed by atoms with Crippen LogP contribution in [0.4, 0.5) is 0 Å². The van der Waals surface area contributed by atoms with E-state index in [9.17, 15) is 18.6 Å². The molecular weight excluding hydrogens is 260 g/mol. The smallest absolute Gasteiger partial charge is 0.207 e. The molecule has 0 amide bonds. The van der Waals surface area contributed by atoms with Gasteiger partial charge in [-0.3, -0.25) is 0 Å². The van der Waals surface area contributed by atoms with Crippen LogP contribution < -0.4 is 0 Å². The molecule has 3 N–H and O–H groups in total. The summed E-state index contributed by atoms with van der Waals surface area (Å²) in [4.78, 5) is -0.000148. The van der Waals surface area contributed by atoms with Crippen LogP contribution in [0.15, 0.2) is 35.2 Å². The SMILES string of the molecule is O=S(=O)(c1ccccc1)[C@H]1O[C@H](CO)[C@H](O)[C@@H]1O. The minimum Gasteiger partial charge on any atom is -0.394 e. The second-order valence-electron chi connectivity index (χ2n) is 4.06. The average molecular weight is 274 g/mol. The van der Waals surface area contributed by atoms with Gasteiger partial charge in [0.15, 0.2) is 5.44 Å². The van der Waals surface area contributed by atoms with E-state index < -0.39 is 40.2 Å². The molecule has 100 valence electrons. The summed E-state index contributed by atoms with van der Waals surface area (Å²) in [5, 5.41) is 28.1. The Morgan fingerprint density at radius 3 is 2.22 bits per heavy atom. The highest BCUT2D eigenvalue weighted by Crippen LogP contribution is 2.29. The second kappa shape index (κ2) is 4.94. The number of hydrogen-bond donors (Lipinski definition) is 3. The van der Waals surface area contributed by atoms with Crippen molar-refractivity contribution < 1.29 is 28.5 Å². The largest absolute Gasteiger partial charge is 0.394 e. The van der Waals surface area contributed by atoms with Crippen LogP contribution in [0, 0.1) is 0 Å². The fraction of sp³-hybridized carbons (Fsp3) is 0.455. The lowest BCUT2D eigenvalue weighted by atomic mass is 10.2. The first kappa shape index (κ1) is 13.4. The maximum atomic E-state index is 12.2. The van der Waals surface area contributed by atoms with E-state index >= 15 is 0 Å². The maximum absolute atomic E-state index is 12.2. The van der Waals surface area contributed by atoms with Gasteiger partial charge >= 0.3 is 0 Å². The number of ether oxygens (including phenoxy) is 1. The zero-order chi connectivity index (χ0) is 13.3. The predicted octanol–water partition coefficient (Wildman–Crippen LogP) is -1.10. The maximum Gasteiger partial charge on any atom is 0.207 e. The van der Waals surface area contributed by atoms with Gasteiger partial charge in [-0.2, -0.15) is 0 Å². The standard InChI is InChI=1S/C11H14O6S/c12-6-8-9(13)10(14)11(17-8)18(15,16)7-4-2-1-3-5-7/h1-5,8-14H,6H2/t8-,9+,10+,11-/m1/s1. The van der Waals surface area contributed by atoms with Crippen LogP contribution in [0.5, 0.6) is 0 Å². The van der Waals surface area contributed by atoms with Crippen LogP contribution in [0.25, 0.3) is 0 Å². The van der Waals surface area contributed by atoms with Gasteiger partial charge in [0.05, 0.1) is 11.5 Å². The molecule has 4 atom stereocenters. The van der Waals surface area contributed by atoms with Gasteiger partial charge in [0.2, 0.25) is 9.84 Å². The lowest BCUT2D eigenvalue weighted by molar-refractivity contribution is -0.00880. The van der Waals surface area contributed by atoms with Gasteiger partial charge < -0.3 is 20.1 Å². The third-order valence-electron chi connectivity index (χ3n) is 2.88. The highest BCUT2D eigenvalue weighted by atomic mass is 32.2. The lowest BCUT2D eigenvalue weighted by Crippen LogP contribution is -2.36. The summed E-state index contributed by atoms with van der Waals surface area (Å²) in [6.45, 7) is -0.557. The van der Waals surface area contributed by atoms with Gasteiger partial charge in [-0.25, -0.2) is 8.42 Å². The van der Waals surface area contributed by atoms with Crippen molar-refractivity contribution in [3.63, 3.8) is 0 Å². The third kappa shape index (κ3) is 2.15. The molecule has 2 rings (SSSR count). The van der Waals surface area contributed by atoms with E-state index in [1.165, 1.54) is 12.1 Å². The van der Waals surface area contributed by atoms with E-state index in [0.717, 1.165) is 0 Å². The van der Waals surface area contributed by atoms with E-state index in [1.807, 2.05) is 0 Å². The summed E-state index contributed by atoms with van der Waals surface area (Å²) in [6.07, 6.45) is -4.09. The summed E-state index contributed by atoms with van der Waals surface area (Å²) in [6, 6.07) is 7.52. The fourth-order valence-electron chi connectivity index (χ4n) is 1.87. The van der Waals surface area contributed by atoms with Crippen molar-refractivity contribution in [1.82, 2.24) is 0 Å². The third-order valence-corrected chi connectivity index (χ3v) is 4.81. The molecule has 0 spiro atoms. The summed E-state index contributed by atoms with van der Waals surface area (Å²) in [5.41, 5.74) is -1.56. The topological polar surface area (TPSA) is 104 Å². The predicted molar refractivity (Wildman–Crippen MR) is 61.4 cm³/mol. The van der Waals surface area contributed by atoms with Gasteiger partial charge in [-0.05, 0) is 12.1 Å². The molecule has 1 aliphatic rings. The normalized spacial score (nSPS) is 32.6. The van der Waals surface area contributed by atoms with Crippen LogP contribution in [0.1, 0.15) is 0 Å². The van der Waals surface area contributed by atoms with Gasteiger partial charge in [0.25, 0.3) is 0 Å². The van der Waals surface area contributed by atoms with Crippen molar-refractivity contribution >= 4 is 9.84 Å². The Balaban J connectivity index is 2.33. The fourth-order valence-corrected chi connectivity index (χ4v) is 3.49. The molecule has 1 aromatic carbocycles. The first-order valence-corrected chi connectivity index (χ1v) is 6.94. The Morgan fingerprint density at radius 2 is 1.72 bits per heavy atom. The van der Waals surface area contributed by atoms with Gasteiger partial charge in [-0.1, -0.05) is 18.2 Å². The molecule has 1 fully saturated rings. The van der Waals surface area contributed by atoms with Crippen molar-refractivity contribution in [2.24, 2.45) is 0 Å². The summed E-state index contributed by atoms with van der Waals surface area (Å²) < 4.78 is 29.4. The number of hydrogen-bond acceptors (Lipinski definition) is 6. The Morgan fingerprint density at radius 1 is 1.11 bits per heavy atom. The van der Waals surface area contributed by atoms with Gasteiger partial charge in [0, 0.05) is 0 Å². The molecule has 1 aromatic rings.